The second kappa shape index (κ2) is 5.85. The van der Waals surface area contributed by atoms with E-state index in [1.807, 2.05) is 0 Å². The van der Waals surface area contributed by atoms with Gasteiger partial charge in [-0.1, -0.05) is 0 Å². The van der Waals surface area contributed by atoms with Gasteiger partial charge in [-0.3, -0.25) is 14.4 Å². The molecular formula is C9H10F6N2O3. The lowest BCUT2D eigenvalue weighted by Gasteiger charge is -2.18. The number of alkyl halides is 6. The summed E-state index contributed by atoms with van der Waals surface area (Å²) in [4.78, 5) is 26.8. The molecule has 0 spiro atoms. The van der Waals surface area contributed by atoms with Crippen LogP contribution in [0.15, 0.2) is 0 Å². The van der Waals surface area contributed by atoms with Gasteiger partial charge in [0.1, 0.15) is 6.54 Å². The van der Waals surface area contributed by atoms with Crippen molar-refractivity contribution in [2.24, 2.45) is 5.92 Å². The van der Waals surface area contributed by atoms with Crippen molar-refractivity contribution in [1.29, 1.82) is 0 Å². The molecule has 1 rings (SSSR count). The van der Waals surface area contributed by atoms with E-state index in [0.29, 0.717) is 4.90 Å². The van der Waals surface area contributed by atoms with Crippen LogP contribution < -0.4 is 5.48 Å². The molecule has 1 aliphatic heterocycles. The molecule has 1 saturated heterocycles. The van der Waals surface area contributed by atoms with Crippen molar-refractivity contribution in [3.05, 3.63) is 0 Å². The number of nitrogens with one attached hydrogen (secondary N) is 1. The molecule has 0 radical (unpaired) electrons. The second-order valence-electron chi connectivity index (χ2n) is 4.16. The summed E-state index contributed by atoms with van der Waals surface area (Å²) in [5.74, 6) is -3.12. The number of carbonyl (C=O) groups is 2. The fourth-order valence-electron chi connectivity index (χ4n) is 1.59. The van der Waals surface area contributed by atoms with Crippen molar-refractivity contribution >= 4 is 11.8 Å². The van der Waals surface area contributed by atoms with Crippen LogP contribution in [0.25, 0.3) is 0 Å². The van der Waals surface area contributed by atoms with Crippen molar-refractivity contribution in [2.45, 2.75) is 18.8 Å². The Morgan fingerprint density at radius 1 is 1.25 bits per heavy atom. The molecule has 1 aliphatic rings. The third kappa shape index (κ3) is 5.63. The summed E-state index contributed by atoms with van der Waals surface area (Å²) >= 11 is 0. The first kappa shape index (κ1) is 16.5. The van der Waals surface area contributed by atoms with Crippen LogP contribution in [0.3, 0.4) is 0 Å². The van der Waals surface area contributed by atoms with Crippen LogP contribution in [0.4, 0.5) is 26.3 Å². The van der Waals surface area contributed by atoms with E-state index < -0.39 is 56.2 Å². The fraction of sp³-hybridized carbons (Fsp3) is 0.778. The van der Waals surface area contributed by atoms with Crippen LogP contribution in [-0.2, 0) is 14.4 Å². The molecule has 0 aromatic carbocycles. The average molecular weight is 308 g/mol. The molecule has 11 heteroatoms. The number of rotatable bonds is 4. The first-order chi connectivity index (χ1) is 8.98. The van der Waals surface area contributed by atoms with E-state index >= 15 is 0 Å². The van der Waals surface area contributed by atoms with Gasteiger partial charge in [0, 0.05) is 13.0 Å². The number of hydrogen-bond acceptors (Lipinski definition) is 3. The summed E-state index contributed by atoms with van der Waals surface area (Å²) in [5, 5.41) is 0. The van der Waals surface area contributed by atoms with Crippen molar-refractivity contribution in [3.63, 3.8) is 0 Å². The number of hydrogen-bond donors (Lipinski definition) is 1. The molecule has 0 bridgehead atoms. The van der Waals surface area contributed by atoms with E-state index in [1.54, 1.807) is 0 Å². The van der Waals surface area contributed by atoms with E-state index in [9.17, 15) is 35.9 Å². The predicted molar refractivity (Wildman–Crippen MR) is 50.9 cm³/mol. The molecule has 1 unspecified atom stereocenters. The second-order valence-corrected chi connectivity index (χ2v) is 4.16. The monoisotopic (exact) mass is 308 g/mol. The summed E-state index contributed by atoms with van der Waals surface area (Å²) in [6.45, 7) is -3.75. The van der Waals surface area contributed by atoms with E-state index in [4.69, 9.17) is 0 Å². The minimum Gasteiger partial charge on any atom is -0.333 e. The van der Waals surface area contributed by atoms with Gasteiger partial charge in [0.25, 0.3) is 0 Å². The Labute approximate surface area is 108 Å². The van der Waals surface area contributed by atoms with Crippen LogP contribution >= 0.6 is 0 Å². The minimum atomic E-state index is -4.65. The van der Waals surface area contributed by atoms with E-state index in [1.165, 1.54) is 5.48 Å². The van der Waals surface area contributed by atoms with Crippen LogP contribution in [0, 0.1) is 5.92 Å². The summed E-state index contributed by atoms with van der Waals surface area (Å²) in [7, 11) is 0. The van der Waals surface area contributed by atoms with Crippen LogP contribution in [0.2, 0.25) is 0 Å². The summed E-state index contributed by atoms with van der Waals surface area (Å²) in [6, 6.07) is 0. The van der Waals surface area contributed by atoms with Crippen molar-refractivity contribution in [2.75, 3.05) is 19.7 Å². The SMILES string of the molecule is O=C(NOCC(F)(F)F)C1CC(=O)N(CC(F)(F)F)C1. The Morgan fingerprint density at radius 2 is 1.85 bits per heavy atom. The summed E-state index contributed by atoms with van der Waals surface area (Å²) in [6.07, 6.45) is -9.76. The molecular weight excluding hydrogens is 298 g/mol. The Balaban J connectivity index is 2.42. The fourth-order valence-corrected chi connectivity index (χ4v) is 1.59. The normalized spacial score (nSPS) is 20.4. The lowest BCUT2D eigenvalue weighted by atomic mass is 10.1. The zero-order chi connectivity index (χ0) is 15.6. The van der Waals surface area contributed by atoms with Crippen molar-refractivity contribution in [3.8, 4) is 0 Å². The Bertz CT molecular complexity index is 381. The molecule has 20 heavy (non-hydrogen) atoms. The molecule has 0 aliphatic carbocycles. The quantitative estimate of drug-likeness (QED) is 0.623. The Morgan fingerprint density at radius 3 is 2.35 bits per heavy atom. The molecule has 1 fully saturated rings. The first-order valence-corrected chi connectivity index (χ1v) is 5.31. The number of nitrogens with zero attached hydrogens (tertiary/aromatic N) is 1. The summed E-state index contributed by atoms with van der Waals surface area (Å²) < 4.78 is 71.5. The molecule has 1 N–H and O–H groups in total. The maximum Gasteiger partial charge on any atom is 0.414 e. The maximum absolute atomic E-state index is 12.1. The van der Waals surface area contributed by atoms with Crippen LogP contribution in [-0.4, -0.2) is 48.8 Å². The maximum atomic E-state index is 12.1. The molecule has 0 aromatic rings. The number of hydroxylamine groups is 1. The molecule has 1 atom stereocenters. The average Bonchev–Trinajstić information content (AvgIpc) is 2.56. The highest BCUT2D eigenvalue weighted by Gasteiger charge is 2.40. The van der Waals surface area contributed by atoms with Gasteiger partial charge < -0.3 is 4.90 Å². The van der Waals surface area contributed by atoms with Gasteiger partial charge in [-0.25, -0.2) is 5.48 Å². The standard InChI is InChI=1S/C9H10F6N2O3/c10-8(11,12)3-17-2-5(1-6(17)18)7(19)16-20-4-9(13,14)15/h5H,1-4H2,(H,16,19). The smallest absolute Gasteiger partial charge is 0.333 e. The van der Waals surface area contributed by atoms with Crippen molar-refractivity contribution in [1.82, 2.24) is 10.4 Å². The number of amides is 2. The van der Waals surface area contributed by atoms with E-state index in [0.717, 1.165) is 0 Å². The number of halogens is 6. The number of likely N-dealkylation sites (tertiary alicyclic amines) is 1. The van der Waals surface area contributed by atoms with Crippen LogP contribution in [0.5, 0.6) is 0 Å². The molecule has 0 aromatic heterocycles. The van der Waals surface area contributed by atoms with Crippen LogP contribution in [0.1, 0.15) is 6.42 Å². The lowest BCUT2D eigenvalue weighted by molar-refractivity contribution is -0.192. The lowest BCUT2D eigenvalue weighted by Crippen LogP contribution is -2.38. The molecule has 116 valence electrons. The van der Waals surface area contributed by atoms with E-state index in [2.05, 4.69) is 4.84 Å². The Hall–Kier alpha value is -1.52. The van der Waals surface area contributed by atoms with Gasteiger partial charge >= 0.3 is 12.4 Å². The first-order valence-electron chi connectivity index (χ1n) is 5.31. The van der Waals surface area contributed by atoms with Gasteiger partial charge in [-0.2, -0.15) is 26.3 Å². The highest BCUT2D eigenvalue weighted by atomic mass is 19.4. The highest BCUT2D eigenvalue weighted by Crippen LogP contribution is 2.24. The third-order valence-electron chi connectivity index (χ3n) is 2.36. The molecule has 2 amide bonds. The van der Waals surface area contributed by atoms with Gasteiger partial charge in [-0.05, 0) is 0 Å². The third-order valence-corrected chi connectivity index (χ3v) is 2.36. The molecule has 5 nitrogen and oxygen atoms in total. The Kier molecular flexibility index (Phi) is 4.84. The zero-order valence-electron chi connectivity index (χ0n) is 9.85. The number of carbonyl (C=O) groups excluding carboxylic acids is 2. The zero-order valence-corrected chi connectivity index (χ0v) is 9.85. The predicted octanol–water partition coefficient (Wildman–Crippen LogP) is 1.01. The van der Waals surface area contributed by atoms with Gasteiger partial charge in [0.15, 0.2) is 6.61 Å². The minimum absolute atomic E-state index is 0.425. The summed E-state index contributed by atoms with van der Waals surface area (Å²) in [5.41, 5.74) is 1.47. The van der Waals surface area contributed by atoms with Gasteiger partial charge in [0.05, 0.1) is 5.92 Å². The largest absolute Gasteiger partial charge is 0.414 e. The highest BCUT2D eigenvalue weighted by molar-refractivity contribution is 5.88. The molecule has 1 heterocycles. The van der Waals surface area contributed by atoms with Crippen molar-refractivity contribution < 1.29 is 40.8 Å². The molecule has 0 saturated carbocycles. The topological polar surface area (TPSA) is 58.6 Å². The van der Waals surface area contributed by atoms with Gasteiger partial charge in [-0.15, -0.1) is 0 Å². The van der Waals surface area contributed by atoms with Gasteiger partial charge in [0.2, 0.25) is 11.8 Å². The van der Waals surface area contributed by atoms with E-state index in [-0.39, 0.29) is 0 Å².